The van der Waals surface area contributed by atoms with Gasteiger partial charge >= 0.3 is 0 Å². The first-order valence-electron chi connectivity index (χ1n) is 5.97. The lowest BCUT2D eigenvalue weighted by molar-refractivity contribution is -0.118. The molecule has 7 heteroatoms. The Morgan fingerprint density at radius 3 is 2.20 bits per heavy atom. The van der Waals surface area contributed by atoms with Gasteiger partial charge in [-0.05, 0) is 24.3 Å². The largest absolute Gasteiger partial charge is 0.315 e. The number of nitriles is 1. The molecule has 1 amide bonds. The molecule has 0 saturated carbocycles. The van der Waals surface area contributed by atoms with Crippen LogP contribution in [-0.4, -0.2) is 39.8 Å². The Morgan fingerprint density at radius 1 is 1.20 bits per heavy atom. The van der Waals surface area contributed by atoms with E-state index in [2.05, 4.69) is 0 Å². The fourth-order valence-corrected chi connectivity index (χ4v) is 2.43. The second kappa shape index (κ2) is 6.50. The minimum absolute atomic E-state index is 0.144. The summed E-state index contributed by atoms with van der Waals surface area (Å²) in [5, 5.41) is 8.45. The Kier molecular flexibility index (Phi) is 5.25. The van der Waals surface area contributed by atoms with Crippen LogP contribution in [0.4, 0.5) is 5.69 Å². The van der Waals surface area contributed by atoms with Gasteiger partial charge in [0, 0.05) is 39.7 Å². The van der Waals surface area contributed by atoms with Crippen molar-refractivity contribution in [3.63, 3.8) is 0 Å². The molecule has 20 heavy (non-hydrogen) atoms. The number of hydrogen-bond acceptors (Lipinski definition) is 4. The van der Waals surface area contributed by atoms with E-state index in [0.717, 1.165) is 4.31 Å². The zero-order chi connectivity index (χ0) is 15.3. The molecule has 0 unspecified atom stereocenters. The number of hydrogen-bond donors (Lipinski definition) is 0. The summed E-state index contributed by atoms with van der Waals surface area (Å²) in [6.45, 7) is 0. The van der Waals surface area contributed by atoms with Gasteiger partial charge in [-0.2, -0.15) is 5.26 Å². The van der Waals surface area contributed by atoms with E-state index in [4.69, 9.17) is 5.26 Å². The zero-order valence-corrected chi connectivity index (χ0v) is 12.5. The second-order valence-electron chi connectivity index (χ2n) is 4.39. The highest BCUT2D eigenvalue weighted by Crippen LogP contribution is 2.19. The summed E-state index contributed by atoms with van der Waals surface area (Å²) < 4.78 is 24.9. The fourth-order valence-electron chi connectivity index (χ4n) is 1.53. The standard InChI is InChI=1S/C13H17N3O3S/c1-15(2)20(18,19)12-8-6-11(7-9-12)16(3)13(17)5-4-10-14/h6-9H,4-5H2,1-3H3. The number of amides is 1. The van der Waals surface area contributed by atoms with Crippen molar-refractivity contribution in [2.24, 2.45) is 0 Å². The maximum absolute atomic E-state index is 11.9. The van der Waals surface area contributed by atoms with Gasteiger partial charge in [-0.3, -0.25) is 4.79 Å². The van der Waals surface area contributed by atoms with Crippen LogP contribution < -0.4 is 4.90 Å². The van der Waals surface area contributed by atoms with Gasteiger partial charge in [0.05, 0.1) is 11.0 Å². The Balaban J connectivity index is 2.92. The molecule has 0 bridgehead atoms. The maximum Gasteiger partial charge on any atom is 0.242 e. The molecule has 6 nitrogen and oxygen atoms in total. The SMILES string of the molecule is CN(C(=O)CCC#N)c1ccc(S(=O)(=O)N(C)C)cc1. The molecule has 0 saturated heterocycles. The van der Waals surface area contributed by atoms with Crippen molar-refractivity contribution < 1.29 is 13.2 Å². The fraction of sp³-hybridized carbons (Fsp3) is 0.385. The van der Waals surface area contributed by atoms with Crippen LogP contribution in [-0.2, 0) is 14.8 Å². The van der Waals surface area contributed by atoms with Gasteiger partial charge in [0.15, 0.2) is 0 Å². The number of nitrogens with zero attached hydrogens (tertiary/aromatic N) is 3. The van der Waals surface area contributed by atoms with Crippen molar-refractivity contribution >= 4 is 21.6 Å². The summed E-state index contributed by atoms with van der Waals surface area (Å²) in [6, 6.07) is 7.97. The molecule has 1 aromatic carbocycles. The monoisotopic (exact) mass is 295 g/mol. The molecule has 0 aliphatic carbocycles. The Labute approximate surface area is 119 Å². The minimum Gasteiger partial charge on any atom is -0.315 e. The molecule has 1 rings (SSSR count). The van der Waals surface area contributed by atoms with E-state index in [-0.39, 0.29) is 23.6 Å². The van der Waals surface area contributed by atoms with Crippen LogP contribution in [0.5, 0.6) is 0 Å². The average Bonchev–Trinajstić information content (AvgIpc) is 2.43. The summed E-state index contributed by atoms with van der Waals surface area (Å²) in [5.74, 6) is -0.185. The van der Waals surface area contributed by atoms with Crippen molar-refractivity contribution in [1.29, 1.82) is 5.26 Å². The molecule has 0 aliphatic heterocycles. The van der Waals surface area contributed by atoms with Crippen LogP contribution >= 0.6 is 0 Å². The van der Waals surface area contributed by atoms with Crippen LogP contribution in [0.15, 0.2) is 29.2 Å². The van der Waals surface area contributed by atoms with Crippen molar-refractivity contribution in [2.75, 3.05) is 26.0 Å². The summed E-state index contributed by atoms with van der Waals surface area (Å²) in [6.07, 6.45) is 0.307. The third kappa shape index (κ3) is 3.56. The first kappa shape index (κ1) is 16.1. The highest BCUT2D eigenvalue weighted by atomic mass is 32.2. The Hall–Kier alpha value is -1.91. The molecule has 1 aromatic rings. The van der Waals surface area contributed by atoms with Gasteiger partial charge in [0.1, 0.15) is 0 Å². The molecule has 0 radical (unpaired) electrons. The lowest BCUT2D eigenvalue weighted by atomic mass is 10.2. The minimum atomic E-state index is -3.47. The summed E-state index contributed by atoms with van der Waals surface area (Å²) in [7, 11) is 1.04. The number of anilines is 1. The van der Waals surface area contributed by atoms with E-state index in [1.54, 1.807) is 19.2 Å². The summed E-state index contributed by atoms with van der Waals surface area (Å²) >= 11 is 0. The predicted octanol–water partition coefficient (Wildman–Crippen LogP) is 1.20. The molecule has 0 N–H and O–H groups in total. The topological polar surface area (TPSA) is 81.5 Å². The van der Waals surface area contributed by atoms with Gasteiger partial charge < -0.3 is 4.90 Å². The molecule has 0 atom stereocenters. The van der Waals surface area contributed by atoms with Crippen LogP contribution in [0.1, 0.15) is 12.8 Å². The van der Waals surface area contributed by atoms with Gasteiger partial charge in [-0.1, -0.05) is 0 Å². The van der Waals surface area contributed by atoms with Gasteiger partial charge in [0.25, 0.3) is 0 Å². The second-order valence-corrected chi connectivity index (χ2v) is 6.54. The Morgan fingerprint density at radius 2 is 1.75 bits per heavy atom. The first-order valence-corrected chi connectivity index (χ1v) is 7.41. The quantitative estimate of drug-likeness (QED) is 0.817. The van der Waals surface area contributed by atoms with Gasteiger partial charge in [-0.25, -0.2) is 12.7 Å². The van der Waals surface area contributed by atoms with Gasteiger partial charge in [-0.15, -0.1) is 0 Å². The first-order chi connectivity index (χ1) is 9.30. The molecular formula is C13H17N3O3S. The number of rotatable bonds is 5. The van der Waals surface area contributed by atoms with Crippen molar-refractivity contribution in [3.05, 3.63) is 24.3 Å². The Bertz CT molecular complexity index is 615. The molecule has 108 valence electrons. The summed E-state index contributed by atoms with van der Waals surface area (Å²) in [4.78, 5) is 13.3. The van der Waals surface area contributed by atoms with Gasteiger partial charge in [0.2, 0.25) is 15.9 Å². The van der Waals surface area contributed by atoms with E-state index in [1.165, 1.54) is 31.1 Å². The smallest absolute Gasteiger partial charge is 0.242 e. The highest BCUT2D eigenvalue weighted by Gasteiger charge is 2.17. The van der Waals surface area contributed by atoms with E-state index in [1.807, 2.05) is 6.07 Å². The zero-order valence-electron chi connectivity index (χ0n) is 11.7. The number of benzene rings is 1. The third-order valence-corrected chi connectivity index (χ3v) is 4.66. The molecule has 0 aliphatic rings. The predicted molar refractivity (Wildman–Crippen MR) is 75.6 cm³/mol. The third-order valence-electron chi connectivity index (χ3n) is 2.83. The lowest BCUT2D eigenvalue weighted by Crippen LogP contribution is -2.26. The van der Waals surface area contributed by atoms with Crippen molar-refractivity contribution in [1.82, 2.24) is 4.31 Å². The van der Waals surface area contributed by atoms with Crippen LogP contribution in [0, 0.1) is 11.3 Å². The van der Waals surface area contributed by atoms with Crippen LogP contribution in [0.25, 0.3) is 0 Å². The number of sulfonamides is 1. The molecular weight excluding hydrogens is 278 g/mol. The molecule has 0 spiro atoms. The number of carbonyl (C=O) groups excluding carboxylic acids is 1. The lowest BCUT2D eigenvalue weighted by Gasteiger charge is -2.18. The molecule has 0 heterocycles. The van der Waals surface area contributed by atoms with E-state index >= 15 is 0 Å². The maximum atomic E-state index is 11.9. The molecule has 0 aromatic heterocycles. The van der Waals surface area contributed by atoms with E-state index in [0.29, 0.717) is 5.69 Å². The van der Waals surface area contributed by atoms with E-state index < -0.39 is 10.0 Å². The van der Waals surface area contributed by atoms with Crippen molar-refractivity contribution in [2.45, 2.75) is 17.7 Å². The van der Waals surface area contributed by atoms with Crippen LogP contribution in [0.3, 0.4) is 0 Å². The molecule has 0 fully saturated rings. The average molecular weight is 295 g/mol. The number of carbonyl (C=O) groups is 1. The van der Waals surface area contributed by atoms with E-state index in [9.17, 15) is 13.2 Å². The normalized spacial score (nSPS) is 11.2. The van der Waals surface area contributed by atoms with Crippen molar-refractivity contribution in [3.8, 4) is 6.07 Å². The van der Waals surface area contributed by atoms with Crippen LogP contribution in [0.2, 0.25) is 0 Å². The highest BCUT2D eigenvalue weighted by molar-refractivity contribution is 7.89. The summed E-state index contributed by atoms with van der Waals surface area (Å²) in [5.41, 5.74) is 0.589.